The van der Waals surface area contributed by atoms with E-state index >= 15 is 0 Å². The van der Waals surface area contributed by atoms with Gasteiger partial charge in [-0.2, -0.15) is 5.10 Å². The Morgan fingerprint density at radius 1 is 1.32 bits per heavy atom. The minimum atomic E-state index is -0.988. The number of aryl methyl sites for hydroxylation is 1. The highest BCUT2D eigenvalue weighted by molar-refractivity contribution is 5.96. The summed E-state index contributed by atoms with van der Waals surface area (Å²) in [6.07, 6.45) is 4.67. The van der Waals surface area contributed by atoms with Gasteiger partial charge in [0.05, 0.1) is 18.2 Å². The molecule has 0 spiro atoms. The van der Waals surface area contributed by atoms with Crippen LogP contribution in [0, 0.1) is 11.6 Å². The van der Waals surface area contributed by atoms with Gasteiger partial charge >= 0.3 is 0 Å². The zero-order valence-corrected chi connectivity index (χ0v) is 13.9. The van der Waals surface area contributed by atoms with Crippen molar-refractivity contribution in [3.63, 3.8) is 0 Å². The van der Waals surface area contributed by atoms with Crippen LogP contribution in [0.5, 0.6) is 0 Å². The molecule has 1 atom stereocenters. The van der Waals surface area contributed by atoms with E-state index in [1.165, 1.54) is 18.3 Å². The maximum absolute atomic E-state index is 13.8. The molecule has 0 N–H and O–H groups in total. The molecule has 0 bridgehead atoms. The molecule has 0 unspecified atom stereocenters. The van der Waals surface area contributed by atoms with E-state index in [1.807, 2.05) is 0 Å². The van der Waals surface area contributed by atoms with Gasteiger partial charge in [0, 0.05) is 37.8 Å². The van der Waals surface area contributed by atoms with E-state index in [1.54, 1.807) is 22.8 Å². The second kappa shape index (κ2) is 7.13. The lowest BCUT2D eigenvalue weighted by Gasteiger charge is -2.24. The molecular weight excluding hydrogens is 328 g/mol. The number of amides is 1. The molecule has 1 aliphatic rings. The van der Waals surface area contributed by atoms with Crippen LogP contribution in [0.25, 0.3) is 0 Å². The van der Waals surface area contributed by atoms with Crippen molar-refractivity contribution < 1.29 is 18.4 Å². The van der Waals surface area contributed by atoms with Gasteiger partial charge in [0.2, 0.25) is 5.91 Å². The predicted octanol–water partition coefficient (Wildman–Crippen LogP) is 2.50. The Morgan fingerprint density at radius 3 is 2.84 bits per heavy atom. The molecule has 7 heteroatoms. The van der Waals surface area contributed by atoms with Gasteiger partial charge in [-0.15, -0.1) is 0 Å². The van der Waals surface area contributed by atoms with Crippen LogP contribution in [-0.2, 0) is 18.3 Å². The monoisotopic (exact) mass is 347 g/mol. The summed E-state index contributed by atoms with van der Waals surface area (Å²) in [4.78, 5) is 26.5. The third-order valence-electron chi connectivity index (χ3n) is 4.52. The first kappa shape index (κ1) is 17.3. The van der Waals surface area contributed by atoms with E-state index in [0.29, 0.717) is 12.1 Å². The fourth-order valence-corrected chi connectivity index (χ4v) is 3.22. The number of nitrogens with zero attached hydrogens (tertiary/aromatic N) is 3. The molecular formula is C18H19F2N3O2. The van der Waals surface area contributed by atoms with Crippen LogP contribution in [0.1, 0.15) is 35.2 Å². The van der Waals surface area contributed by atoms with E-state index in [0.717, 1.165) is 18.9 Å². The largest absolute Gasteiger partial charge is 0.339 e. The van der Waals surface area contributed by atoms with Gasteiger partial charge in [0.25, 0.3) is 0 Å². The number of hydrogen-bond donors (Lipinski definition) is 0. The van der Waals surface area contributed by atoms with Crippen molar-refractivity contribution in [3.05, 3.63) is 53.4 Å². The van der Waals surface area contributed by atoms with Crippen molar-refractivity contribution in [2.75, 3.05) is 6.54 Å². The van der Waals surface area contributed by atoms with Crippen LogP contribution in [0.3, 0.4) is 0 Å². The SMILES string of the molecule is Cn1cc(C(=O)C[C@H]2CCCN2C(=O)Cc2cccc(F)c2F)cn1. The van der Waals surface area contributed by atoms with Gasteiger partial charge in [0.1, 0.15) is 0 Å². The van der Waals surface area contributed by atoms with Crippen molar-refractivity contribution >= 4 is 11.7 Å². The first-order valence-corrected chi connectivity index (χ1v) is 8.20. The van der Waals surface area contributed by atoms with Gasteiger partial charge in [0.15, 0.2) is 17.4 Å². The molecule has 3 rings (SSSR count). The molecule has 1 fully saturated rings. The summed E-state index contributed by atoms with van der Waals surface area (Å²) in [7, 11) is 1.73. The van der Waals surface area contributed by atoms with Crippen molar-refractivity contribution in [2.45, 2.75) is 31.7 Å². The van der Waals surface area contributed by atoms with E-state index in [9.17, 15) is 18.4 Å². The van der Waals surface area contributed by atoms with E-state index in [2.05, 4.69) is 5.10 Å². The topological polar surface area (TPSA) is 55.2 Å². The zero-order valence-electron chi connectivity index (χ0n) is 13.9. The quantitative estimate of drug-likeness (QED) is 0.781. The first-order valence-electron chi connectivity index (χ1n) is 8.20. The number of benzene rings is 1. The number of rotatable bonds is 5. The standard InChI is InChI=1S/C18H19F2N3O2/c1-22-11-13(10-21-22)16(24)9-14-5-3-7-23(14)17(25)8-12-4-2-6-15(19)18(12)20/h2,4,6,10-11,14H,3,5,7-9H2,1H3/t14-/m1/s1. The van der Waals surface area contributed by atoms with Crippen molar-refractivity contribution in [1.29, 1.82) is 0 Å². The number of Topliss-reactive ketones (excluding diaryl/α,β-unsaturated/α-hetero) is 1. The molecule has 2 heterocycles. The zero-order chi connectivity index (χ0) is 18.0. The molecule has 2 aromatic rings. The van der Waals surface area contributed by atoms with Crippen LogP contribution in [0.15, 0.2) is 30.6 Å². The second-order valence-corrected chi connectivity index (χ2v) is 6.30. The molecule has 1 saturated heterocycles. The average molecular weight is 347 g/mol. The van der Waals surface area contributed by atoms with Crippen LogP contribution in [0.2, 0.25) is 0 Å². The summed E-state index contributed by atoms with van der Waals surface area (Å²) in [5.74, 6) is -2.31. The summed E-state index contributed by atoms with van der Waals surface area (Å²) < 4.78 is 28.6. The lowest BCUT2D eigenvalue weighted by Crippen LogP contribution is -2.38. The van der Waals surface area contributed by atoms with E-state index in [4.69, 9.17) is 0 Å². The number of likely N-dealkylation sites (tertiary alicyclic amines) is 1. The smallest absolute Gasteiger partial charge is 0.227 e. The minimum Gasteiger partial charge on any atom is -0.339 e. The molecule has 0 saturated carbocycles. The van der Waals surface area contributed by atoms with Gasteiger partial charge in [-0.3, -0.25) is 14.3 Å². The summed E-state index contributed by atoms with van der Waals surface area (Å²) >= 11 is 0. The van der Waals surface area contributed by atoms with Crippen molar-refractivity contribution in [1.82, 2.24) is 14.7 Å². The molecule has 0 aliphatic carbocycles. The summed E-state index contributed by atoms with van der Waals surface area (Å²) in [5.41, 5.74) is 0.548. The number of hydrogen-bond acceptors (Lipinski definition) is 3. The highest BCUT2D eigenvalue weighted by Crippen LogP contribution is 2.23. The number of carbonyl (C=O) groups excluding carboxylic acids is 2. The molecule has 5 nitrogen and oxygen atoms in total. The summed E-state index contributed by atoms with van der Waals surface area (Å²) in [6, 6.07) is 3.60. The van der Waals surface area contributed by atoms with Gasteiger partial charge < -0.3 is 4.90 Å². The Labute approximate surface area is 144 Å². The normalized spacial score (nSPS) is 17.1. The molecule has 1 aliphatic heterocycles. The van der Waals surface area contributed by atoms with Crippen LogP contribution in [-0.4, -0.2) is 39.0 Å². The highest BCUT2D eigenvalue weighted by Gasteiger charge is 2.31. The van der Waals surface area contributed by atoms with Gasteiger partial charge in [-0.1, -0.05) is 12.1 Å². The number of ketones is 1. The molecule has 132 valence electrons. The number of aromatic nitrogens is 2. The Morgan fingerprint density at radius 2 is 2.12 bits per heavy atom. The third kappa shape index (κ3) is 3.75. The Balaban J connectivity index is 1.67. The second-order valence-electron chi connectivity index (χ2n) is 6.30. The Hall–Kier alpha value is -2.57. The van der Waals surface area contributed by atoms with Gasteiger partial charge in [-0.05, 0) is 18.9 Å². The predicted molar refractivity (Wildman–Crippen MR) is 87.0 cm³/mol. The summed E-state index contributed by atoms with van der Waals surface area (Å²) in [5, 5.41) is 3.98. The fraction of sp³-hybridized carbons (Fsp3) is 0.389. The van der Waals surface area contributed by atoms with Crippen LogP contribution < -0.4 is 0 Å². The molecule has 1 amide bonds. The number of halogens is 2. The average Bonchev–Trinajstić information content (AvgIpc) is 3.21. The molecule has 0 radical (unpaired) electrons. The van der Waals surface area contributed by atoms with Crippen molar-refractivity contribution in [2.24, 2.45) is 7.05 Å². The fourth-order valence-electron chi connectivity index (χ4n) is 3.22. The first-order chi connectivity index (χ1) is 12.0. The molecule has 1 aromatic carbocycles. The van der Waals surface area contributed by atoms with Gasteiger partial charge in [-0.25, -0.2) is 8.78 Å². The highest BCUT2D eigenvalue weighted by atomic mass is 19.2. The van der Waals surface area contributed by atoms with E-state index < -0.39 is 11.6 Å². The maximum Gasteiger partial charge on any atom is 0.227 e. The lowest BCUT2D eigenvalue weighted by atomic mass is 10.0. The lowest BCUT2D eigenvalue weighted by molar-refractivity contribution is -0.131. The van der Waals surface area contributed by atoms with Crippen molar-refractivity contribution in [3.8, 4) is 0 Å². The Kier molecular flexibility index (Phi) is 4.92. The third-order valence-corrected chi connectivity index (χ3v) is 4.52. The Bertz CT molecular complexity index is 803. The molecule has 25 heavy (non-hydrogen) atoms. The number of carbonyl (C=O) groups is 2. The minimum absolute atomic E-state index is 0.0363. The molecule has 1 aromatic heterocycles. The van der Waals surface area contributed by atoms with E-state index in [-0.39, 0.29) is 36.1 Å². The summed E-state index contributed by atoms with van der Waals surface area (Å²) in [6.45, 7) is 0.529. The van der Waals surface area contributed by atoms with Crippen LogP contribution in [0.4, 0.5) is 8.78 Å². The maximum atomic E-state index is 13.8. The van der Waals surface area contributed by atoms with Crippen LogP contribution >= 0.6 is 0 Å².